The number of aryl methyl sites for hydroxylation is 2. The number of esters is 2. The van der Waals surface area contributed by atoms with Crippen molar-refractivity contribution < 1.29 is 37.1 Å². The number of thiazole rings is 1. The number of nitrogens with one attached hydrogen (secondary N) is 1. The van der Waals surface area contributed by atoms with E-state index in [0.717, 1.165) is 40.1 Å². The first-order chi connectivity index (χ1) is 18.6. The molecule has 2 aromatic heterocycles. The van der Waals surface area contributed by atoms with Gasteiger partial charge in [-0.15, -0.1) is 11.3 Å². The van der Waals surface area contributed by atoms with Crippen LogP contribution in [-0.4, -0.2) is 62.0 Å². The van der Waals surface area contributed by atoms with Gasteiger partial charge in [0.15, 0.2) is 14.6 Å². The van der Waals surface area contributed by atoms with E-state index in [9.17, 15) is 27.6 Å². The number of sulfone groups is 1. The van der Waals surface area contributed by atoms with E-state index in [0.29, 0.717) is 23.2 Å². The first-order valence-electron chi connectivity index (χ1n) is 12.2. The number of carbonyl (C=O) groups is 4. The van der Waals surface area contributed by atoms with Gasteiger partial charge in [0, 0.05) is 11.4 Å². The minimum absolute atomic E-state index is 0.236. The third-order valence-electron chi connectivity index (χ3n) is 5.99. The average molecular weight is 594 g/mol. The molecule has 2 amide bonds. The zero-order valence-corrected chi connectivity index (χ0v) is 24.0. The number of nitrogens with zero attached hydrogens (tertiary/aromatic N) is 2. The van der Waals surface area contributed by atoms with E-state index in [1.165, 1.54) is 18.4 Å². The third kappa shape index (κ3) is 6.28. The van der Waals surface area contributed by atoms with Gasteiger partial charge in [-0.2, -0.15) is 4.99 Å². The second-order valence-corrected chi connectivity index (χ2v) is 12.8. The summed E-state index contributed by atoms with van der Waals surface area (Å²) in [6, 6.07) is 4.97. The molecular weight excluding hydrogens is 566 g/mol. The smallest absolute Gasteiger partial charge is 0.341 e. The highest BCUT2D eigenvalue weighted by molar-refractivity contribution is 7.92. The number of carbonyl (C=O) groups excluding carboxylic acids is 4. The minimum Gasteiger partial charge on any atom is -0.465 e. The van der Waals surface area contributed by atoms with Crippen LogP contribution in [-0.2, 0) is 48.3 Å². The molecular formula is C25H27N3O8S3. The minimum atomic E-state index is -4.16. The summed E-state index contributed by atoms with van der Waals surface area (Å²) < 4.78 is 37.6. The van der Waals surface area contributed by atoms with E-state index in [-0.39, 0.29) is 22.0 Å². The lowest BCUT2D eigenvalue weighted by Gasteiger charge is -2.07. The van der Waals surface area contributed by atoms with Crippen LogP contribution in [0.2, 0.25) is 0 Å². The largest absolute Gasteiger partial charge is 0.465 e. The molecule has 1 aromatic carbocycles. The maximum absolute atomic E-state index is 12.7. The summed E-state index contributed by atoms with van der Waals surface area (Å²) in [5, 5.41) is 2.76. The van der Waals surface area contributed by atoms with Crippen molar-refractivity contribution in [1.82, 2.24) is 4.57 Å². The molecule has 11 nitrogen and oxygen atoms in total. The van der Waals surface area contributed by atoms with Crippen LogP contribution in [0.5, 0.6) is 0 Å². The van der Waals surface area contributed by atoms with Crippen LogP contribution in [0.1, 0.15) is 51.4 Å². The van der Waals surface area contributed by atoms with E-state index in [1.54, 1.807) is 29.7 Å². The number of anilines is 1. The highest BCUT2D eigenvalue weighted by atomic mass is 32.2. The molecule has 0 bridgehead atoms. The molecule has 2 heterocycles. The second kappa shape index (κ2) is 11.8. The molecule has 0 spiro atoms. The summed E-state index contributed by atoms with van der Waals surface area (Å²) in [6.07, 6.45) is 2.34. The number of methoxy groups -OCH3 is 1. The SMILES string of the molecule is CCOC(=O)c1ccc2c(c1)sc(=NC(=O)CS(=O)(=O)CC(=O)Nc1sc3c(c1C(=O)OC)CCC3)n2CC. The Morgan fingerprint density at radius 1 is 1.08 bits per heavy atom. The van der Waals surface area contributed by atoms with Crippen LogP contribution in [0.15, 0.2) is 23.2 Å². The molecule has 208 valence electrons. The summed E-state index contributed by atoms with van der Waals surface area (Å²) in [5.74, 6) is -4.75. The van der Waals surface area contributed by atoms with E-state index in [4.69, 9.17) is 9.47 Å². The molecule has 1 aliphatic carbocycles. The lowest BCUT2D eigenvalue weighted by atomic mass is 10.1. The normalized spacial score (nSPS) is 13.4. The van der Waals surface area contributed by atoms with Crippen molar-refractivity contribution >= 4 is 71.5 Å². The molecule has 0 unspecified atom stereocenters. The van der Waals surface area contributed by atoms with Gasteiger partial charge in [0.2, 0.25) is 5.91 Å². The Morgan fingerprint density at radius 2 is 1.85 bits per heavy atom. The van der Waals surface area contributed by atoms with Gasteiger partial charge in [-0.3, -0.25) is 9.59 Å². The van der Waals surface area contributed by atoms with Gasteiger partial charge in [-0.05, 0) is 56.9 Å². The van der Waals surface area contributed by atoms with Gasteiger partial charge in [-0.25, -0.2) is 18.0 Å². The quantitative estimate of drug-likeness (QED) is 0.372. The molecule has 0 fully saturated rings. The van der Waals surface area contributed by atoms with E-state index < -0.39 is 45.1 Å². The predicted molar refractivity (Wildman–Crippen MR) is 147 cm³/mol. The molecule has 0 saturated heterocycles. The van der Waals surface area contributed by atoms with E-state index in [1.807, 2.05) is 6.92 Å². The molecule has 0 aliphatic heterocycles. The van der Waals surface area contributed by atoms with E-state index >= 15 is 0 Å². The molecule has 3 aromatic rings. The molecule has 0 saturated carbocycles. The lowest BCUT2D eigenvalue weighted by molar-refractivity contribution is -0.115. The Labute approximate surface area is 232 Å². The van der Waals surface area contributed by atoms with Crippen molar-refractivity contribution in [2.24, 2.45) is 4.99 Å². The summed E-state index contributed by atoms with van der Waals surface area (Å²) in [7, 11) is -2.92. The Morgan fingerprint density at radius 3 is 2.54 bits per heavy atom. The maximum atomic E-state index is 12.7. The van der Waals surface area contributed by atoms with Crippen molar-refractivity contribution in [3.8, 4) is 0 Å². The average Bonchev–Trinajstić information content (AvgIpc) is 3.54. The molecule has 1 aliphatic rings. The Hall–Kier alpha value is -3.36. The number of rotatable bonds is 9. The van der Waals surface area contributed by atoms with Gasteiger partial charge >= 0.3 is 11.9 Å². The van der Waals surface area contributed by atoms with Gasteiger partial charge in [0.1, 0.15) is 16.5 Å². The fourth-order valence-electron chi connectivity index (χ4n) is 4.36. The van der Waals surface area contributed by atoms with Crippen LogP contribution >= 0.6 is 22.7 Å². The lowest BCUT2D eigenvalue weighted by Crippen LogP contribution is -2.28. The Kier molecular flexibility index (Phi) is 8.67. The predicted octanol–water partition coefficient (Wildman–Crippen LogP) is 2.72. The fourth-order valence-corrected chi connectivity index (χ4v) is 7.82. The second-order valence-electron chi connectivity index (χ2n) is 8.67. The number of hydrogen-bond donors (Lipinski definition) is 1. The molecule has 4 rings (SSSR count). The maximum Gasteiger partial charge on any atom is 0.341 e. The summed E-state index contributed by atoms with van der Waals surface area (Å²) in [4.78, 5) is 54.8. The van der Waals surface area contributed by atoms with Gasteiger partial charge < -0.3 is 19.4 Å². The number of benzene rings is 1. The zero-order valence-electron chi connectivity index (χ0n) is 21.6. The van der Waals surface area contributed by atoms with Crippen molar-refractivity contribution in [2.45, 2.75) is 39.7 Å². The van der Waals surface area contributed by atoms with Crippen molar-refractivity contribution in [3.63, 3.8) is 0 Å². The number of amides is 2. The zero-order chi connectivity index (χ0) is 28.3. The first kappa shape index (κ1) is 28.6. The monoisotopic (exact) mass is 593 g/mol. The number of ether oxygens (including phenoxy) is 2. The van der Waals surface area contributed by atoms with Crippen molar-refractivity contribution in [1.29, 1.82) is 0 Å². The van der Waals surface area contributed by atoms with Crippen molar-refractivity contribution in [2.75, 3.05) is 30.5 Å². The molecule has 0 radical (unpaired) electrons. The standard InChI is InChI=1S/C25H27N3O8S3/c1-4-28-16-10-9-14(23(31)36-5-2)11-18(16)38-25(28)27-20(30)13-39(33,34)12-19(29)26-22-21(24(32)35-3)15-7-6-8-17(15)37-22/h9-11H,4-8,12-13H2,1-3H3,(H,26,29). The van der Waals surface area contributed by atoms with Crippen LogP contribution in [0.25, 0.3) is 10.2 Å². The molecule has 14 heteroatoms. The van der Waals surface area contributed by atoms with Crippen LogP contribution in [0.4, 0.5) is 5.00 Å². The van der Waals surface area contributed by atoms with Gasteiger partial charge in [-0.1, -0.05) is 11.3 Å². The first-order valence-corrected chi connectivity index (χ1v) is 15.6. The fraction of sp³-hybridized carbons (Fsp3) is 0.400. The van der Waals surface area contributed by atoms with Gasteiger partial charge in [0.05, 0.1) is 35.1 Å². The van der Waals surface area contributed by atoms with Crippen LogP contribution in [0.3, 0.4) is 0 Å². The summed E-state index contributed by atoms with van der Waals surface area (Å²) in [5.41, 5.74) is 2.16. The highest BCUT2D eigenvalue weighted by Gasteiger charge is 2.29. The number of hydrogen-bond acceptors (Lipinski definition) is 10. The Bertz CT molecular complexity index is 1650. The number of aromatic nitrogens is 1. The molecule has 39 heavy (non-hydrogen) atoms. The summed E-state index contributed by atoms with van der Waals surface area (Å²) >= 11 is 2.37. The van der Waals surface area contributed by atoms with Gasteiger partial charge in [0.25, 0.3) is 5.91 Å². The highest BCUT2D eigenvalue weighted by Crippen LogP contribution is 2.39. The number of thiophene rings is 1. The number of fused-ring (bicyclic) bond motifs is 2. The molecule has 1 N–H and O–H groups in total. The summed E-state index contributed by atoms with van der Waals surface area (Å²) in [6.45, 7) is 4.24. The Balaban J connectivity index is 1.50. The molecule has 0 atom stereocenters. The van der Waals surface area contributed by atoms with Crippen LogP contribution in [0, 0.1) is 0 Å². The van der Waals surface area contributed by atoms with Crippen molar-refractivity contribution in [3.05, 3.63) is 44.6 Å². The van der Waals surface area contributed by atoms with E-state index in [2.05, 4.69) is 10.3 Å². The topological polar surface area (TPSA) is 150 Å². The van der Waals surface area contributed by atoms with Crippen LogP contribution < -0.4 is 10.1 Å². The third-order valence-corrected chi connectivity index (χ3v) is 9.63.